The van der Waals surface area contributed by atoms with Gasteiger partial charge in [-0.15, -0.1) is 0 Å². The minimum absolute atomic E-state index is 0.174. The summed E-state index contributed by atoms with van der Waals surface area (Å²) >= 11 is 0. The van der Waals surface area contributed by atoms with Crippen LogP contribution >= 0.6 is 0 Å². The van der Waals surface area contributed by atoms with Crippen LogP contribution in [0, 0.1) is 5.92 Å². The first-order valence-electron chi connectivity index (χ1n) is 12.3. The van der Waals surface area contributed by atoms with Gasteiger partial charge < -0.3 is 15.2 Å². The molecule has 0 unspecified atom stereocenters. The first-order valence-corrected chi connectivity index (χ1v) is 12.3. The summed E-state index contributed by atoms with van der Waals surface area (Å²) < 4.78 is 6.06. The lowest BCUT2D eigenvalue weighted by molar-refractivity contribution is -0.138. The molecule has 3 aromatic carbocycles. The van der Waals surface area contributed by atoms with Crippen LogP contribution in [0.1, 0.15) is 43.6 Å². The highest BCUT2D eigenvalue weighted by atomic mass is 16.5. The predicted molar refractivity (Wildman–Crippen MR) is 137 cm³/mol. The lowest BCUT2D eigenvalue weighted by Gasteiger charge is -2.31. The molecule has 180 valence electrons. The molecular formula is C29H30N2O4. The van der Waals surface area contributed by atoms with E-state index in [-0.39, 0.29) is 12.5 Å². The summed E-state index contributed by atoms with van der Waals surface area (Å²) in [6, 6.07) is 23.8. The van der Waals surface area contributed by atoms with E-state index in [1.165, 1.54) is 5.56 Å². The van der Waals surface area contributed by atoms with Gasteiger partial charge in [-0.25, -0.2) is 4.79 Å². The lowest BCUT2D eigenvalue weighted by atomic mass is 9.77. The van der Waals surface area contributed by atoms with Crippen molar-refractivity contribution in [2.75, 3.05) is 23.4 Å². The number of anilines is 2. The Bertz CT molecular complexity index is 1190. The molecule has 0 radical (unpaired) electrons. The Hall–Kier alpha value is -3.80. The molecule has 5 rings (SSSR count). The molecule has 1 saturated carbocycles. The van der Waals surface area contributed by atoms with Gasteiger partial charge >= 0.3 is 12.0 Å². The number of nitrogens with zero attached hydrogens (tertiary/aromatic N) is 1. The highest BCUT2D eigenvalue weighted by Gasteiger charge is 2.27. The molecule has 1 heterocycles. The van der Waals surface area contributed by atoms with E-state index >= 15 is 0 Å². The Morgan fingerprint density at radius 2 is 1.66 bits per heavy atom. The molecule has 0 aromatic heterocycles. The fourth-order valence-corrected chi connectivity index (χ4v) is 5.28. The fraction of sp³-hybridized carbons (Fsp3) is 0.310. The highest BCUT2D eigenvalue weighted by molar-refractivity contribution is 6.04. The van der Waals surface area contributed by atoms with Crippen LogP contribution in [0.3, 0.4) is 0 Å². The maximum Gasteiger partial charge on any atom is 0.326 e. The van der Waals surface area contributed by atoms with Gasteiger partial charge in [0.05, 0.1) is 12.2 Å². The van der Waals surface area contributed by atoms with Crippen LogP contribution < -0.4 is 15.0 Å². The average molecular weight is 471 g/mol. The number of urea groups is 1. The van der Waals surface area contributed by atoms with Gasteiger partial charge in [0, 0.05) is 17.7 Å². The van der Waals surface area contributed by atoms with E-state index < -0.39 is 5.97 Å². The van der Waals surface area contributed by atoms with Crippen LogP contribution in [0.2, 0.25) is 0 Å². The van der Waals surface area contributed by atoms with Gasteiger partial charge in [-0.2, -0.15) is 0 Å². The second-order valence-corrected chi connectivity index (χ2v) is 9.39. The molecule has 2 amide bonds. The molecule has 1 aliphatic carbocycles. The van der Waals surface area contributed by atoms with Gasteiger partial charge in [-0.1, -0.05) is 54.6 Å². The predicted octanol–water partition coefficient (Wildman–Crippen LogP) is 6.53. The van der Waals surface area contributed by atoms with Crippen LogP contribution in [0.4, 0.5) is 16.2 Å². The van der Waals surface area contributed by atoms with Crippen molar-refractivity contribution >= 4 is 23.4 Å². The summed E-state index contributed by atoms with van der Waals surface area (Å²) in [5.41, 5.74) is 4.85. The van der Waals surface area contributed by atoms with E-state index in [2.05, 4.69) is 29.6 Å². The number of rotatable bonds is 5. The van der Waals surface area contributed by atoms with Gasteiger partial charge in [0.15, 0.2) is 5.75 Å². The number of carbonyl (C=O) groups excluding carboxylic acids is 1. The zero-order valence-corrected chi connectivity index (χ0v) is 19.7. The van der Waals surface area contributed by atoms with Crippen LogP contribution in [-0.2, 0) is 4.79 Å². The molecular weight excluding hydrogens is 440 g/mol. The van der Waals surface area contributed by atoms with Gasteiger partial charge in [-0.05, 0) is 66.8 Å². The summed E-state index contributed by atoms with van der Waals surface area (Å²) in [5.74, 6) is 0.816. The van der Waals surface area contributed by atoms with Gasteiger partial charge in [-0.3, -0.25) is 9.69 Å². The third kappa shape index (κ3) is 5.16. The van der Waals surface area contributed by atoms with Crippen molar-refractivity contribution in [2.45, 2.75) is 38.0 Å². The number of carboxylic acid groups (broad SMARTS) is 1. The Labute approximate surface area is 205 Å². The largest absolute Gasteiger partial charge is 0.489 e. The Balaban J connectivity index is 1.32. The van der Waals surface area contributed by atoms with Crippen LogP contribution in [0.15, 0.2) is 72.8 Å². The maximum atomic E-state index is 13.0. The average Bonchev–Trinajstić information content (AvgIpc) is 2.89. The van der Waals surface area contributed by atoms with Crippen molar-refractivity contribution in [1.82, 2.24) is 0 Å². The first-order chi connectivity index (χ1) is 17.1. The summed E-state index contributed by atoms with van der Waals surface area (Å²) in [7, 11) is 0. The number of benzene rings is 3. The summed E-state index contributed by atoms with van der Waals surface area (Å²) in [6.07, 6.45) is 4.30. The first kappa shape index (κ1) is 23.0. The topological polar surface area (TPSA) is 78.9 Å². The van der Waals surface area contributed by atoms with E-state index in [0.29, 0.717) is 25.0 Å². The third-order valence-corrected chi connectivity index (χ3v) is 7.12. The molecule has 0 spiro atoms. The number of hydrogen-bond donors (Lipinski definition) is 2. The Kier molecular flexibility index (Phi) is 6.70. The number of aliphatic carboxylic acids is 1. The zero-order chi connectivity index (χ0) is 24.2. The summed E-state index contributed by atoms with van der Waals surface area (Å²) in [4.78, 5) is 25.7. The molecule has 3 aromatic rings. The lowest BCUT2D eigenvalue weighted by Crippen LogP contribution is -2.40. The number of para-hydroxylation sites is 2. The molecule has 1 aliphatic heterocycles. The zero-order valence-electron chi connectivity index (χ0n) is 19.7. The molecule has 6 nitrogen and oxygen atoms in total. The molecule has 0 saturated heterocycles. The smallest absolute Gasteiger partial charge is 0.326 e. The monoisotopic (exact) mass is 470 g/mol. The molecule has 35 heavy (non-hydrogen) atoms. The van der Waals surface area contributed by atoms with E-state index in [1.807, 2.05) is 48.5 Å². The Morgan fingerprint density at radius 3 is 2.37 bits per heavy atom. The van der Waals surface area contributed by atoms with E-state index in [4.69, 9.17) is 9.84 Å². The van der Waals surface area contributed by atoms with Crippen molar-refractivity contribution in [3.8, 4) is 16.9 Å². The molecule has 1 fully saturated rings. The molecule has 0 bridgehead atoms. The third-order valence-electron chi connectivity index (χ3n) is 7.12. The molecule has 2 N–H and O–H groups in total. The van der Waals surface area contributed by atoms with Crippen molar-refractivity contribution in [1.29, 1.82) is 0 Å². The normalized spacial score (nSPS) is 19.4. The minimum Gasteiger partial charge on any atom is -0.489 e. The number of fused-ring (bicyclic) bond motifs is 1. The van der Waals surface area contributed by atoms with Crippen molar-refractivity contribution in [3.05, 3.63) is 78.4 Å². The summed E-state index contributed by atoms with van der Waals surface area (Å²) in [6.45, 7) is 0.919. The summed E-state index contributed by atoms with van der Waals surface area (Å²) in [5, 5.41) is 12.0. The van der Waals surface area contributed by atoms with E-state index in [0.717, 1.165) is 53.9 Å². The van der Waals surface area contributed by atoms with Crippen LogP contribution in [0.25, 0.3) is 11.1 Å². The SMILES string of the molecule is O=C(O)C[C@H]1CC[C@H](c2ccc(-c3cccc4c3OCCN4C(=O)Nc3ccccc3)cc2)CC1. The quantitative estimate of drug-likeness (QED) is 0.444. The van der Waals surface area contributed by atoms with Gasteiger partial charge in [0.1, 0.15) is 6.61 Å². The molecule has 6 heteroatoms. The number of carbonyl (C=O) groups is 2. The van der Waals surface area contributed by atoms with E-state index in [1.54, 1.807) is 4.90 Å². The highest BCUT2D eigenvalue weighted by Crippen LogP contribution is 2.42. The van der Waals surface area contributed by atoms with Crippen LogP contribution in [0.5, 0.6) is 5.75 Å². The minimum atomic E-state index is -0.692. The number of nitrogens with one attached hydrogen (secondary N) is 1. The van der Waals surface area contributed by atoms with E-state index in [9.17, 15) is 9.59 Å². The second-order valence-electron chi connectivity index (χ2n) is 9.39. The van der Waals surface area contributed by atoms with Crippen molar-refractivity contribution in [2.24, 2.45) is 5.92 Å². The maximum absolute atomic E-state index is 13.0. The molecule has 0 atom stereocenters. The molecule has 2 aliphatic rings. The fourth-order valence-electron chi connectivity index (χ4n) is 5.28. The Morgan fingerprint density at radius 1 is 0.914 bits per heavy atom. The van der Waals surface area contributed by atoms with Gasteiger partial charge in [0.25, 0.3) is 0 Å². The standard InChI is InChI=1S/C29H30N2O4/c32-27(33)19-20-9-11-21(12-10-20)22-13-15-23(16-14-22)25-7-4-8-26-28(25)35-18-17-31(26)29(34)30-24-5-2-1-3-6-24/h1-8,13-16,20-21H,9-12,17-19H2,(H,30,34)(H,32,33)/t20-,21-. The van der Waals surface area contributed by atoms with Crippen molar-refractivity contribution in [3.63, 3.8) is 0 Å². The second kappa shape index (κ2) is 10.2. The van der Waals surface area contributed by atoms with Crippen LogP contribution in [-0.4, -0.2) is 30.3 Å². The number of hydrogen-bond acceptors (Lipinski definition) is 3. The van der Waals surface area contributed by atoms with Crippen molar-refractivity contribution < 1.29 is 19.4 Å². The number of ether oxygens (including phenoxy) is 1. The van der Waals surface area contributed by atoms with Gasteiger partial charge in [0.2, 0.25) is 0 Å². The number of carboxylic acids is 1. The number of amides is 2.